The molecule has 0 bridgehead atoms. The Labute approximate surface area is 275 Å². The molecule has 0 unspecified atom stereocenters. The Balaban J connectivity index is 1.29. The van der Waals surface area contributed by atoms with E-state index in [4.69, 9.17) is 74.8 Å². The minimum absolute atomic E-state index is 0.0138. The number of halogens is 4. The molecule has 2 aromatic rings. The van der Waals surface area contributed by atoms with Crippen LogP contribution in [0.4, 0.5) is 0 Å². The standard InChI is InChI=1S/C29H32Cl4N2O9/c30-28(31,26(37)43-23-5-1-3-21(19-23)41-17-11-34-7-13-39-14-8-34)25(36)29(32,33)27(38)44-24-6-2-4-22(20-24)42-18-12-35-9-15-40-16-10-35/h1-6,19-20H,7-18H2. The summed E-state index contributed by atoms with van der Waals surface area (Å²) in [4.78, 5) is 43.1. The Morgan fingerprint density at radius 2 is 1.00 bits per heavy atom. The number of alkyl halides is 4. The molecule has 2 aromatic carbocycles. The Morgan fingerprint density at radius 3 is 1.39 bits per heavy atom. The average molecular weight is 694 g/mol. The minimum Gasteiger partial charge on any atom is -0.492 e. The number of hydrogen-bond donors (Lipinski definition) is 0. The lowest BCUT2D eigenvalue weighted by atomic mass is 10.2. The van der Waals surface area contributed by atoms with Crippen LogP contribution in [0.2, 0.25) is 0 Å². The summed E-state index contributed by atoms with van der Waals surface area (Å²) in [7, 11) is 0. The third-order valence-corrected chi connectivity index (χ3v) is 7.98. The van der Waals surface area contributed by atoms with Gasteiger partial charge in [0.05, 0.1) is 26.4 Å². The highest BCUT2D eigenvalue weighted by Crippen LogP contribution is 2.37. The molecule has 0 amide bonds. The quantitative estimate of drug-likeness (QED) is 0.125. The van der Waals surface area contributed by atoms with Crippen LogP contribution in [0.25, 0.3) is 0 Å². The SMILES string of the molecule is O=C(Oc1cccc(OCCN2CCOCC2)c1)C(Cl)(Cl)C(=O)C(Cl)(Cl)C(=O)Oc1cccc(OCCN2CCOCC2)c1. The molecule has 4 rings (SSSR count). The van der Waals surface area contributed by atoms with E-state index in [-0.39, 0.29) is 11.5 Å². The number of carbonyl (C=O) groups is 3. The number of Topliss-reactive ketones (excluding diaryl/α,β-unsaturated/α-hetero) is 1. The zero-order chi connectivity index (χ0) is 31.6. The Kier molecular flexibility index (Phi) is 12.8. The van der Waals surface area contributed by atoms with Crippen molar-refractivity contribution in [2.24, 2.45) is 0 Å². The van der Waals surface area contributed by atoms with E-state index in [2.05, 4.69) is 9.80 Å². The molecule has 11 nitrogen and oxygen atoms in total. The van der Waals surface area contributed by atoms with Gasteiger partial charge in [-0.15, -0.1) is 0 Å². The number of ether oxygens (including phenoxy) is 6. The van der Waals surface area contributed by atoms with Gasteiger partial charge in [0, 0.05) is 51.4 Å². The third kappa shape index (κ3) is 9.82. The average Bonchev–Trinajstić information content (AvgIpc) is 3.02. The number of carbonyl (C=O) groups excluding carboxylic acids is 3. The third-order valence-electron chi connectivity index (χ3n) is 6.68. The summed E-state index contributed by atoms with van der Waals surface area (Å²) in [5.41, 5.74) is 0. The lowest BCUT2D eigenvalue weighted by molar-refractivity contribution is -0.142. The van der Waals surface area contributed by atoms with E-state index in [1.807, 2.05) is 0 Å². The number of rotatable bonds is 14. The second-order valence-corrected chi connectivity index (χ2v) is 12.5. The van der Waals surface area contributed by atoms with E-state index in [0.29, 0.717) is 64.2 Å². The Hall–Kier alpha value is -2.35. The van der Waals surface area contributed by atoms with E-state index < -0.39 is 26.4 Å². The highest BCUT2D eigenvalue weighted by molar-refractivity contribution is 6.78. The summed E-state index contributed by atoms with van der Waals surface area (Å²) < 4.78 is 26.6. The van der Waals surface area contributed by atoms with E-state index in [0.717, 1.165) is 26.2 Å². The van der Waals surface area contributed by atoms with Crippen molar-refractivity contribution in [3.05, 3.63) is 48.5 Å². The largest absolute Gasteiger partial charge is 0.492 e. The van der Waals surface area contributed by atoms with Gasteiger partial charge in [0.15, 0.2) is 0 Å². The monoisotopic (exact) mass is 692 g/mol. The van der Waals surface area contributed by atoms with Crippen LogP contribution in [0, 0.1) is 0 Å². The molecule has 240 valence electrons. The molecule has 0 N–H and O–H groups in total. The molecule has 2 heterocycles. The molecule has 2 fully saturated rings. The van der Waals surface area contributed by atoms with Crippen LogP contribution >= 0.6 is 46.4 Å². The van der Waals surface area contributed by atoms with Gasteiger partial charge in [-0.25, -0.2) is 9.59 Å². The van der Waals surface area contributed by atoms with Gasteiger partial charge in [-0.1, -0.05) is 58.5 Å². The molecule has 2 aliphatic heterocycles. The molecule has 0 aromatic heterocycles. The van der Waals surface area contributed by atoms with E-state index >= 15 is 0 Å². The highest BCUT2D eigenvalue weighted by Gasteiger charge is 2.58. The van der Waals surface area contributed by atoms with Crippen molar-refractivity contribution in [2.45, 2.75) is 8.67 Å². The molecule has 2 aliphatic rings. The van der Waals surface area contributed by atoms with Crippen molar-refractivity contribution < 1.29 is 42.8 Å². The van der Waals surface area contributed by atoms with Crippen LogP contribution in [0.5, 0.6) is 23.0 Å². The van der Waals surface area contributed by atoms with Crippen LogP contribution in [-0.4, -0.2) is 115 Å². The first-order valence-electron chi connectivity index (χ1n) is 13.9. The second-order valence-electron chi connectivity index (χ2n) is 9.81. The lowest BCUT2D eigenvalue weighted by Gasteiger charge is -2.26. The zero-order valence-corrected chi connectivity index (χ0v) is 26.7. The van der Waals surface area contributed by atoms with E-state index in [9.17, 15) is 14.4 Å². The van der Waals surface area contributed by atoms with Crippen molar-refractivity contribution in [1.82, 2.24) is 9.80 Å². The maximum absolute atomic E-state index is 13.1. The predicted octanol–water partition coefficient (Wildman–Crippen LogP) is 3.54. The summed E-state index contributed by atoms with van der Waals surface area (Å²) >= 11 is 24.2. The first kappa shape index (κ1) is 34.5. The lowest BCUT2D eigenvalue weighted by Crippen LogP contribution is -2.51. The van der Waals surface area contributed by atoms with Gasteiger partial charge in [-0.3, -0.25) is 14.6 Å². The summed E-state index contributed by atoms with van der Waals surface area (Å²) in [5.74, 6) is -3.63. The molecule has 15 heteroatoms. The molecule has 0 radical (unpaired) electrons. The van der Waals surface area contributed by atoms with Crippen LogP contribution in [0.3, 0.4) is 0 Å². The van der Waals surface area contributed by atoms with Crippen LogP contribution in [-0.2, 0) is 23.9 Å². The van der Waals surface area contributed by atoms with Gasteiger partial charge in [0.2, 0.25) is 5.78 Å². The van der Waals surface area contributed by atoms with Crippen molar-refractivity contribution >= 4 is 64.1 Å². The van der Waals surface area contributed by atoms with Gasteiger partial charge in [-0.2, -0.15) is 0 Å². The van der Waals surface area contributed by atoms with Gasteiger partial charge in [-0.05, 0) is 24.3 Å². The van der Waals surface area contributed by atoms with Gasteiger partial charge >= 0.3 is 11.9 Å². The molecule has 0 atom stereocenters. The van der Waals surface area contributed by atoms with E-state index in [1.54, 1.807) is 24.3 Å². The van der Waals surface area contributed by atoms with Crippen molar-refractivity contribution in [3.8, 4) is 23.0 Å². The molecule has 0 saturated carbocycles. The fourth-order valence-corrected chi connectivity index (χ4v) is 5.13. The summed E-state index contributed by atoms with van der Waals surface area (Å²) in [6.07, 6.45) is 0. The van der Waals surface area contributed by atoms with Gasteiger partial charge in [0.25, 0.3) is 8.67 Å². The maximum atomic E-state index is 13.1. The number of esters is 2. The first-order valence-corrected chi connectivity index (χ1v) is 15.4. The van der Waals surface area contributed by atoms with Crippen LogP contribution in [0.1, 0.15) is 0 Å². The fourth-order valence-electron chi connectivity index (χ4n) is 4.21. The molecular formula is C29H32Cl4N2O9. The van der Waals surface area contributed by atoms with Crippen molar-refractivity contribution in [2.75, 3.05) is 78.9 Å². The molecule has 2 saturated heterocycles. The molecule has 0 aliphatic carbocycles. The topological polar surface area (TPSA) is 113 Å². The van der Waals surface area contributed by atoms with Gasteiger partial charge < -0.3 is 28.4 Å². The molecule has 44 heavy (non-hydrogen) atoms. The predicted molar refractivity (Wildman–Crippen MR) is 164 cm³/mol. The van der Waals surface area contributed by atoms with Gasteiger partial charge in [0.1, 0.15) is 36.2 Å². The van der Waals surface area contributed by atoms with Crippen molar-refractivity contribution in [3.63, 3.8) is 0 Å². The van der Waals surface area contributed by atoms with Crippen LogP contribution < -0.4 is 18.9 Å². The normalized spacial score (nSPS) is 16.6. The molecule has 0 spiro atoms. The summed E-state index contributed by atoms with van der Waals surface area (Å²) in [6.45, 7) is 8.09. The summed E-state index contributed by atoms with van der Waals surface area (Å²) in [6, 6.07) is 12.2. The Morgan fingerprint density at radius 1 is 0.636 bits per heavy atom. The highest BCUT2D eigenvalue weighted by atomic mass is 35.5. The first-order chi connectivity index (χ1) is 21.1. The number of ketones is 1. The smallest absolute Gasteiger partial charge is 0.356 e. The molecular weight excluding hydrogens is 662 g/mol. The minimum atomic E-state index is -2.96. The Bertz CT molecular complexity index is 1190. The summed E-state index contributed by atoms with van der Waals surface area (Å²) in [5, 5.41) is 0. The van der Waals surface area contributed by atoms with E-state index in [1.165, 1.54) is 24.3 Å². The second kappa shape index (κ2) is 16.3. The number of morpholine rings is 2. The van der Waals surface area contributed by atoms with Crippen molar-refractivity contribution in [1.29, 1.82) is 0 Å². The number of hydrogen-bond acceptors (Lipinski definition) is 11. The maximum Gasteiger partial charge on any atom is 0.356 e. The zero-order valence-electron chi connectivity index (χ0n) is 23.7. The van der Waals surface area contributed by atoms with Crippen LogP contribution in [0.15, 0.2) is 48.5 Å². The number of benzene rings is 2. The number of nitrogens with zero attached hydrogens (tertiary/aromatic N) is 2. The fraction of sp³-hybridized carbons (Fsp3) is 0.483.